The zero-order valence-corrected chi connectivity index (χ0v) is 16.6. The SMILES string of the molecule is CNC(=O)OCc1nc(N2CCC[C@H]2C)cc(C(=O)N2CCCCC2)c1C=O. The molecule has 0 aliphatic carbocycles. The fourth-order valence-corrected chi connectivity index (χ4v) is 3.91. The smallest absolute Gasteiger partial charge is 0.407 e. The van der Waals surface area contributed by atoms with E-state index in [9.17, 15) is 14.4 Å². The molecular formula is C20H28N4O4. The molecule has 2 aliphatic rings. The van der Waals surface area contributed by atoms with Gasteiger partial charge in [-0.2, -0.15) is 0 Å². The zero-order chi connectivity index (χ0) is 20.1. The molecule has 28 heavy (non-hydrogen) atoms. The van der Waals surface area contributed by atoms with Crippen LogP contribution in [0.3, 0.4) is 0 Å². The first-order valence-corrected chi connectivity index (χ1v) is 9.94. The maximum Gasteiger partial charge on any atom is 0.407 e. The molecule has 1 aromatic rings. The highest BCUT2D eigenvalue weighted by molar-refractivity contribution is 6.02. The van der Waals surface area contributed by atoms with Crippen molar-refractivity contribution in [3.8, 4) is 0 Å². The van der Waals surface area contributed by atoms with Crippen LogP contribution >= 0.6 is 0 Å². The number of nitrogens with one attached hydrogen (secondary N) is 1. The minimum atomic E-state index is -0.609. The van der Waals surface area contributed by atoms with Crippen LogP contribution in [-0.4, -0.2) is 60.9 Å². The standard InChI is InChI=1S/C20H28N4O4/c1-14-7-6-10-24(14)18-11-15(19(26)23-8-4-3-5-9-23)16(12-25)17(22-18)13-28-20(27)21-2/h11-12,14H,3-10,13H2,1-2H3,(H,21,27)/t14-/m1/s1. The van der Waals surface area contributed by atoms with Gasteiger partial charge in [0.1, 0.15) is 12.4 Å². The Hall–Kier alpha value is -2.64. The van der Waals surface area contributed by atoms with E-state index in [-0.39, 0.29) is 18.1 Å². The van der Waals surface area contributed by atoms with E-state index in [1.165, 1.54) is 7.05 Å². The lowest BCUT2D eigenvalue weighted by molar-refractivity contribution is 0.0721. The molecule has 2 fully saturated rings. The highest BCUT2D eigenvalue weighted by Crippen LogP contribution is 2.28. The molecule has 0 aromatic carbocycles. The maximum absolute atomic E-state index is 13.2. The number of rotatable bonds is 5. The number of carbonyl (C=O) groups is 3. The molecule has 1 atom stereocenters. The van der Waals surface area contributed by atoms with Crippen molar-refractivity contribution < 1.29 is 19.1 Å². The molecule has 8 heteroatoms. The second-order valence-corrected chi connectivity index (χ2v) is 7.37. The second kappa shape index (κ2) is 9.03. The van der Waals surface area contributed by atoms with Gasteiger partial charge < -0.3 is 19.9 Å². The minimum Gasteiger partial charge on any atom is -0.443 e. The van der Waals surface area contributed by atoms with Gasteiger partial charge in [0.2, 0.25) is 0 Å². The molecular weight excluding hydrogens is 360 g/mol. The molecule has 8 nitrogen and oxygen atoms in total. The number of hydrogen-bond donors (Lipinski definition) is 1. The molecule has 2 aliphatic heterocycles. The van der Waals surface area contributed by atoms with Crippen LogP contribution in [0.15, 0.2) is 6.07 Å². The van der Waals surface area contributed by atoms with E-state index in [0.717, 1.165) is 38.6 Å². The minimum absolute atomic E-state index is 0.154. The van der Waals surface area contributed by atoms with Gasteiger partial charge in [-0.25, -0.2) is 9.78 Å². The van der Waals surface area contributed by atoms with Crippen LogP contribution < -0.4 is 10.2 Å². The van der Waals surface area contributed by atoms with Crippen molar-refractivity contribution in [1.29, 1.82) is 0 Å². The quantitative estimate of drug-likeness (QED) is 0.779. The van der Waals surface area contributed by atoms with Gasteiger partial charge in [-0.3, -0.25) is 9.59 Å². The van der Waals surface area contributed by atoms with E-state index in [1.54, 1.807) is 11.0 Å². The van der Waals surface area contributed by atoms with Crippen molar-refractivity contribution in [2.75, 3.05) is 31.6 Å². The van der Waals surface area contributed by atoms with Gasteiger partial charge in [0, 0.05) is 32.7 Å². The van der Waals surface area contributed by atoms with Crippen LogP contribution in [0.4, 0.5) is 10.6 Å². The number of aromatic nitrogens is 1. The van der Waals surface area contributed by atoms with Crippen molar-refractivity contribution >= 4 is 24.1 Å². The Kier molecular flexibility index (Phi) is 6.49. The number of hydrogen-bond acceptors (Lipinski definition) is 6. The number of alkyl carbamates (subject to hydrolysis) is 1. The number of likely N-dealkylation sites (tertiary alicyclic amines) is 1. The van der Waals surface area contributed by atoms with Crippen LogP contribution in [0.5, 0.6) is 0 Å². The molecule has 3 heterocycles. The topological polar surface area (TPSA) is 91.8 Å². The molecule has 3 rings (SSSR count). The zero-order valence-electron chi connectivity index (χ0n) is 16.6. The lowest BCUT2D eigenvalue weighted by Crippen LogP contribution is -2.37. The molecule has 0 bridgehead atoms. The highest BCUT2D eigenvalue weighted by Gasteiger charge is 2.28. The number of amides is 2. The van der Waals surface area contributed by atoms with Crippen LogP contribution in [0.2, 0.25) is 0 Å². The molecule has 1 N–H and O–H groups in total. The fraction of sp³-hybridized carbons (Fsp3) is 0.600. The molecule has 152 valence electrons. The third kappa shape index (κ3) is 4.26. The number of nitrogens with zero attached hydrogens (tertiary/aromatic N) is 3. The molecule has 0 spiro atoms. The lowest BCUT2D eigenvalue weighted by Gasteiger charge is -2.29. The number of ether oxygens (including phenoxy) is 1. The normalized spacial score (nSPS) is 19.4. The maximum atomic E-state index is 13.2. The number of aldehydes is 1. The average molecular weight is 388 g/mol. The van der Waals surface area contributed by atoms with E-state index < -0.39 is 6.09 Å². The summed E-state index contributed by atoms with van der Waals surface area (Å²) in [6.07, 6.45) is 5.19. The summed E-state index contributed by atoms with van der Waals surface area (Å²) in [5.41, 5.74) is 0.863. The van der Waals surface area contributed by atoms with Crippen LogP contribution in [0, 0.1) is 0 Å². The summed E-state index contributed by atoms with van der Waals surface area (Å²) in [5, 5.41) is 2.38. The summed E-state index contributed by atoms with van der Waals surface area (Å²) >= 11 is 0. The molecule has 0 saturated carbocycles. The summed E-state index contributed by atoms with van der Waals surface area (Å²) in [6.45, 7) is 4.19. The number of carbonyl (C=O) groups excluding carboxylic acids is 3. The third-order valence-corrected chi connectivity index (χ3v) is 5.51. The molecule has 2 amide bonds. The monoisotopic (exact) mass is 388 g/mol. The predicted octanol–water partition coefficient (Wildman–Crippen LogP) is 2.36. The molecule has 2 saturated heterocycles. The Morgan fingerprint density at radius 1 is 1.25 bits per heavy atom. The van der Waals surface area contributed by atoms with Crippen molar-refractivity contribution in [1.82, 2.24) is 15.2 Å². The molecule has 1 aromatic heterocycles. The molecule has 0 radical (unpaired) electrons. The van der Waals surface area contributed by atoms with Crippen LogP contribution in [-0.2, 0) is 11.3 Å². The number of anilines is 1. The van der Waals surface area contributed by atoms with E-state index in [1.807, 2.05) is 0 Å². The van der Waals surface area contributed by atoms with Gasteiger partial charge in [-0.05, 0) is 45.1 Å². The summed E-state index contributed by atoms with van der Waals surface area (Å²) in [7, 11) is 1.46. The van der Waals surface area contributed by atoms with E-state index >= 15 is 0 Å². The number of pyridine rings is 1. The van der Waals surface area contributed by atoms with Gasteiger partial charge in [-0.1, -0.05) is 0 Å². The molecule has 0 unspecified atom stereocenters. The first kappa shape index (κ1) is 20.1. The van der Waals surface area contributed by atoms with E-state index in [0.29, 0.717) is 42.5 Å². The fourth-order valence-electron chi connectivity index (χ4n) is 3.91. The summed E-state index contributed by atoms with van der Waals surface area (Å²) in [4.78, 5) is 45.1. The van der Waals surface area contributed by atoms with E-state index in [2.05, 4.69) is 22.1 Å². The average Bonchev–Trinajstić information content (AvgIpc) is 3.17. The highest BCUT2D eigenvalue weighted by atomic mass is 16.5. The number of piperidine rings is 1. The third-order valence-electron chi connectivity index (χ3n) is 5.51. The van der Waals surface area contributed by atoms with Crippen molar-refractivity contribution in [2.24, 2.45) is 0 Å². The van der Waals surface area contributed by atoms with Gasteiger partial charge in [0.25, 0.3) is 5.91 Å². The van der Waals surface area contributed by atoms with Gasteiger partial charge in [-0.15, -0.1) is 0 Å². The lowest BCUT2D eigenvalue weighted by atomic mass is 10.0. The summed E-state index contributed by atoms with van der Waals surface area (Å²) in [5.74, 6) is 0.505. The Morgan fingerprint density at radius 3 is 2.61 bits per heavy atom. The second-order valence-electron chi connectivity index (χ2n) is 7.37. The van der Waals surface area contributed by atoms with Crippen molar-refractivity contribution in [3.63, 3.8) is 0 Å². The van der Waals surface area contributed by atoms with Crippen molar-refractivity contribution in [3.05, 3.63) is 22.9 Å². The van der Waals surface area contributed by atoms with Crippen LogP contribution in [0.25, 0.3) is 0 Å². The van der Waals surface area contributed by atoms with Crippen molar-refractivity contribution in [2.45, 2.75) is 51.7 Å². The van der Waals surface area contributed by atoms with E-state index in [4.69, 9.17) is 4.74 Å². The largest absolute Gasteiger partial charge is 0.443 e. The first-order valence-electron chi connectivity index (χ1n) is 9.94. The Bertz CT molecular complexity index is 746. The Morgan fingerprint density at radius 2 is 2.00 bits per heavy atom. The Labute approximate surface area is 165 Å². The Balaban J connectivity index is 2.00. The predicted molar refractivity (Wildman–Crippen MR) is 105 cm³/mol. The summed E-state index contributed by atoms with van der Waals surface area (Å²) < 4.78 is 5.13. The first-order chi connectivity index (χ1) is 13.5. The van der Waals surface area contributed by atoms with Crippen LogP contribution in [0.1, 0.15) is 65.4 Å². The van der Waals surface area contributed by atoms with Gasteiger partial charge in [0.15, 0.2) is 6.29 Å². The van der Waals surface area contributed by atoms with Gasteiger partial charge in [0.05, 0.1) is 16.8 Å². The van der Waals surface area contributed by atoms with Gasteiger partial charge >= 0.3 is 6.09 Å². The summed E-state index contributed by atoms with van der Waals surface area (Å²) in [6, 6.07) is 2.03.